The zero-order chi connectivity index (χ0) is 10.6. The Balaban J connectivity index is 3.00. The third-order valence-electron chi connectivity index (χ3n) is 2.03. The molecule has 0 N–H and O–H groups in total. The highest BCUT2D eigenvalue weighted by molar-refractivity contribution is 5.41. The summed E-state index contributed by atoms with van der Waals surface area (Å²) in [7, 11) is 0. The summed E-state index contributed by atoms with van der Waals surface area (Å²) in [6.45, 7) is 1.89. The molecule has 0 aliphatic rings. The van der Waals surface area contributed by atoms with E-state index in [2.05, 4.69) is 0 Å². The van der Waals surface area contributed by atoms with E-state index in [4.69, 9.17) is 0 Å². The van der Waals surface area contributed by atoms with E-state index >= 15 is 0 Å². The van der Waals surface area contributed by atoms with Crippen LogP contribution in [0.1, 0.15) is 31.4 Å². The van der Waals surface area contributed by atoms with E-state index in [1.807, 2.05) is 6.92 Å². The summed E-state index contributed by atoms with van der Waals surface area (Å²) in [5, 5.41) is 22.1. The van der Waals surface area contributed by atoms with Crippen LogP contribution < -0.4 is 0 Å². The molecular formula is C10H12NO3. The molecule has 0 saturated carbocycles. The summed E-state index contributed by atoms with van der Waals surface area (Å²) in [6, 6.07) is 6.13. The molecule has 1 aromatic rings. The lowest BCUT2D eigenvalue weighted by Crippen LogP contribution is -2.00. The zero-order valence-electron chi connectivity index (χ0n) is 7.97. The van der Waals surface area contributed by atoms with E-state index in [0.717, 1.165) is 6.42 Å². The van der Waals surface area contributed by atoms with Gasteiger partial charge in [-0.05, 0) is 12.5 Å². The molecule has 0 saturated heterocycles. The normalized spacial score (nSPS) is 12.4. The number of hydrogen-bond donors (Lipinski definition) is 0. The Labute approximate surface area is 82.3 Å². The van der Waals surface area contributed by atoms with Gasteiger partial charge in [0.2, 0.25) is 0 Å². The van der Waals surface area contributed by atoms with E-state index in [-0.39, 0.29) is 5.69 Å². The molecule has 1 radical (unpaired) electrons. The Morgan fingerprint density at radius 1 is 1.43 bits per heavy atom. The van der Waals surface area contributed by atoms with Crippen LogP contribution in [-0.2, 0) is 5.11 Å². The van der Waals surface area contributed by atoms with E-state index in [9.17, 15) is 15.2 Å². The van der Waals surface area contributed by atoms with Crippen LogP contribution in [0.3, 0.4) is 0 Å². The molecule has 0 aliphatic heterocycles. The number of benzene rings is 1. The predicted octanol–water partition coefficient (Wildman–Crippen LogP) is 2.87. The first-order valence-electron chi connectivity index (χ1n) is 4.56. The summed E-state index contributed by atoms with van der Waals surface area (Å²) >= 11 is 0. The third kappa shape index (κ3) is 2.29. The molecule has 0 spiro atoms. The standard InChI is InChI=1S/C10H12NO3/c1-2-5-10(12)8-6-3-4-7-9(8)11(13)14/h3-4,6-7,10H,2,5H2,1H3. The average molecular weight is 194 g/mol. The maximum absolute atomic E-state index is 11.5. The van der Waals surface area contributed by atoms with Crippen molar-refractivity contribution in [3.8, 4) is 0 Å². The van der Waals surface area contributed by atoms with E-state index in [1.165, 1.54) is 12.1 Å². The largest absolute Gasteiger partial charge is 0.275 e. The highest BCUT2D eigenvalue weighted by atomic mass is 16.6. The van der Waals surface area contributed by atoms with Crippen molar-refractivity contribution in [3.63, 3.8) is 0 Å². The topological polar surface area (TPSA) is 63.0 Å². The van der Waals surface area contributed by atoms with Crippen molar-refractivity contribution >= 4 is 5.69 Å². The first-order valence-corrected chi connectivity index (χ1v) is 4.56. The summed E-state index contributed by atoms with van der Waals surface area (Å²) in [5.74, 6) is 0. The molecule has 0 fully saturated rings. The Morgan fingerprint density at radius 3 is 2.64 bits per heavy atom. The molecule has 0 aliphatic carbocycles. The van der Waals surface area contributed by atoms with Crippen molar-refractivity contribution in [3.05, 3.63) is 39.9 Å². The van der Waals surface area contributed by atoms with Crippen LogP contribution in [0.2, 0.25) is 0 Å². The Morgan fingerprint density at radius 2 is 2.07 bits per heavy atom. The molecule has 4 nitrogen and oxygen atoms in total. The van der Waals surface area contributed by atoms with Crippen molar-refractivity contribution in [1.82, 2.24) is 0 Å². The Kier molecular flexibility index (Phi) is 3.59. The van der Waals surface area contributed by atoms with Crippen molar-refractivity contribution in [2.24, 2.45) is 0 Å². The molecule has 0 aromatic heterocycles. The van der Waals surface area contributed by atoms with E-state index in [1.54, 1.807) is 12.1 Å². The maximum Gasteiger partial charge on any atom is 0.275 e. The maximum atomic E-state index is 11.5. The molecule has 0 bridgehead atoms. The van der Waals surface area contributed by atoms with Crippen LogP contribution in [0.5, 0.6) is 0 Å². The first kappa shape index (κ1) is 10.7. The predicted molar refractivity (Wildman–Crippen MR) is 51.4 cm³/mol. The van der Waals surface area contributed by atoms with Crippen LogP contribution in [0.4, 0.5) is 5.69 Å². The van der Waals surface area contributed by atoms with Crippen molar-refractivity contribution in [1.29, 1.82) is 0 Å². The number of para-hydroxylation sites is 1. The van der Waals surface area contributed by atoms with Gasteiger partial charge in [0.1, 0.15) is 6.10 Å². The molecule has 4 heteroatoms. The third-order valence-corrected chi connectivity index (χ3v) is 2.03. The fourth-order valence-corrected chi connectivity index (χ4v) is 1.34. The van der Waals surface area contributed by atoms with Crippen LogP contribution in [-0.4, -0.2) is 4.92 Å². The zero-order valence-corrected chi connectivity index (χ0v) is 7.97. The van der Waals surface area contributed by atoms with E-state index in [0.29, 0.717) is 12.0 Å². The lowest BCUT2D eigenvalue weighted by molar-refractivity contribution is -0.386. The second-order valence-corrected chi connectivity index (χ2v) is 3.09. The minimum Gasteiger partial charge on any atom is -0.258 e. The second-order valence-electron chi connectivity index (χ2n) is 3.09. The van der Waals surface area contributed by atoms with E-state index < -0.39 is 11.0 Å². The molecule has 75 valence electrons. The highest BCUT2D eigenvalue weighted by Gasteiger charge is 2.19. The van der Waals surface area contributed by atoms with Gasteiger partial charge in [-0.1, -0.05) is 25.5 Å². The van der Waals surface area contributed by atoms with Gasteiger partial charge < -0.3 is 0 Å². The smallest absolute Gasteiger partial charge is 0.258 e. The van der Waals surface area contributed by atoms with Crippen LogP contribution in [0.15, 0.2) is 24.3 Å². The fraction of sp³-hybridized carbons (Fsp3) is 0.400. The van der Waals surface area contributed by atoms with Gasteiger partial charge in [-0.3, -0.25) is 10.1 Å². The summed E-state index contributed by atoms with van der Waals surface area (Å²) in [4.78, 5) is 10.1. The van der Waals surface area contributed by atoms with Gasteiger partial charge >= 0.3 is 0 Å². The average Bonchev–Trinajstić information content (AvgIpc) is 2.18. The van der Waals surface area contributed by atoms with Gasteiger partial charge in [0.15, 0.2) is 0 Å². The molecular weight excluding hydrogens is 182 g/mol. The lowest BCUT2D eigenvalue weighted by Gasteiger charge is -2.06. The highest BCUT2D eigenvalue weighted by Crippen LogP contribution is 2.27. The number of rotatable bonds is 4. The Bertz CT molecular complexity index is 325. The molecule has 0 heterocycles. The monoisotopic (exact) mass is 194 g/mol. The number of hydrogen-bond acceptors (Lipinski definition) is 2. The van der Waals surface area contributed by atoms with Gasteiger partial charge in [0.25, 0.3) is 5.69 Å². The van der Waals surface area contributed by atoms with Crippen LogP contribution in [0, 0.1) is 10.1 Å². The summed E-state index contributed by atoms with van der Waals surface area (Å²) in [5.41, 5.74) is 0.223. The molecule has 1 atom stereocenters. The van der Waals surface area contributed by atoms with Crippen LogP contribution in [0.25, 0.3) is 0 Å². The fourth-order valence-electron chi connectivity index (χ4n) is 1.34. The van der Waals surface area contributed by atoms with Crippen molar-refractivity contribution in [2.75, 3.05) is 0 Å². The lowest BCUT2D eigenvalue weighted by atomic mass is 10.0. The van der Waals surface area contributed by atoms with Gasteiger partial charge in [0.05, 0.1) is 10.5 Å². The number of nitrogens with zero attached hydrogens (tertiary/aromatic N) is 1. The van der Waals surface area contributed by atoms with Crippen molar-refractivity contribution in [2.45, 2.75) is 25.9 Å². The molecule has 1 rings (SSSR count). The number of nitro benzene ring substituents is 1. The summed E-state index contributed by atoms with van der Waals surface area (Å²) in [6.07, 6.45) is 0.187. The Hall–Kier alpha value is -1.42. The van der Waals surface area contributed by atoms with Gasteiger partial charge in [-0.25, -0.2) is 5.11 Å². The second kappa shape index (κ2) is 4.72. The summed E-state index contributed by atoms with van der Waals surface area (Å²) < 4.78 is 0. The minimum absolute atomic E-state index is 0.0686. The van der Waals surface area contributed by atoms with Gasteiger partial charge in [-0.15, -0.1) is 0 Å². The van der Waals surface area contributed by atoms with Crippen LogP contribution >= 0.6 is 0 Å². The molecule has 1 unspecified atom stereocenters. The van der Waals surface area contributed by atoms with Crippen molar-refractivity contribution < 1.29 is 10.0 Å². The molecule has 1 aromatic carbocycles. The molecule has 0 amide bonds. The number of nitro groups is 1. The van der Waals surface area contributed by atoms with Gasteiger partial charge in [0, 0.05) is 6.07 Å². The van der Waals surface area contributed by atoms with Gasteiger partial charge in [-0.2, -0.15) is 0 Å². The SMILES string of the molecule is CCCC([O])c1ccccc1[N+](=O)[O-]. The molecule has 14 heavy (non-hydrogen) atoms. The minimum atomic E-state index is -0.985. The quantitative estimate of drug-likeness (QED) is 0.546. The first-order chi connectivity index (χ1) is 6.66.